The molecule has 3 nitrogen and oxygen atoms in total. The topological polar surface area (TPSA) is 29.9 Å². The fourth-order valence-electron chi connectivity index (χ4n) is 2.96. The number of benzene rings is 1. The summed E-state index contributed by atoms with van der Waals surface area (Å²) in [6, 6.07) is 9.31. The molecule has 3 heteroatoms. The van der Waals surface area contributed by atoms with Crippen LogP contribution < -0.4 is 5.32 Å². The Hall–Kier alpha value is -1.77. The van der Waals surface area contributed by atoms with Gasteiger partial charge in [-0.1, -0.05) is 37.6 Å². The molecule has 1 atom stereocenters. The van der Waals surface area contributed by atoms with Gasteiger partial charge in [0.15, 0.2) is 0 Å². The van der Waals surface area contributed by atoms with Crippen molar-refractivity contribution in [2.45, 2.75) is 51.6 Å². The third kappa shape index (κ3) is 2.87. The second kappa shape index (κ2) is 6.12. The highest BCUT2D eigenvalue weighted by Gasteiger charge is 2.19. The van der Waals surface area contributed by atoms with Crippen molar-refractivity contribution in [3.05, 3.63) is 47.8 Å². The summed E-state index contributed by atoms with van der Waals surface area (Å²) in [6.07, 6.45) is 9.87. The zero-order valence-corrected chi connectivity index (χ0v) is 12.2. The summed E-state index contributed by atoms with van der Waals surface area (Å²) in [7, 11) is 0. The van der Waals surface area contributed by atoms with Crippen molar-refractivity contribution in [1.82, 2.24) is 9.55 Å². The first-order chi connectivity index (χ1) is 9.86. The lowest BCUT2D eigenvalue weighted by Gasteiger charge is -2.26. The zero-order valence-electron chi connectivity index (χ0n) is 12.2. The van der Waals surface area contributed by atoms with Gasteiger partial charge < -0.3 is 9.88 Å². The maximum Gasteiger partial charge on any atom is 0.202 e. The number of hydrogen-bond donors (Lipinski definition) is 1. The van der Waals surface area contributed by atoms with E-state index in [1.807, 2.05) is 6.20 Å². The summed E-state index contributed by atoms with van der Waals surface area (Å²) >= 11 is 0. The van der Waals surface area contributed by atoms with E-state index in [-0.39, 0.29) is 0 Å². The van der Waals surface area contributed by atoms with Gasteiger partial charge in [0.05, 0.1) is 0 Å². The van der Waals surface area contributed by atoms with Gasteiger partial charge >= 0.3 is 0 Å². The summed E-state index contributed by atoms with van der Waals surface area (Å²) in [5.74, 6) is 1.03. The zero-order chi connectivity index (χ0) is 13.8. The van der Waals surface area contributed by atoms with Gasteiger partial charge in [-0.25, -0.2) is 4.98 Å². The Labute approximate surface area is 121 Å². The minimum atomic E-state index is 0.507. The van der Waals surface area contributed by atoms with Gasteiger partial charge in [0, 0.05) is 25.0 Å². The van der Waals surface area contributed by atoms with Crippen molar-refractivity contribution in [2.24, 2.45) is 0 Å². The number of nitrogens with one attached hydrogen (secondary N) is 1. The van der Waals surface area contributed by atoms with E-state index >= 15 is 0 Å². The van der Waals surface area contributed by atoms with Gasteiger partial charge in [0.25, 0.3) is 0 Å². The third-order valence-electron chi connectivity index (χ3n) is 4.15. The van der Waals surface area contributed by atoms with Crippen molar-refractivity contribution >= 4 is 5.95 Å². The van der Waals surface area contributed by atoms with Crippen LogP contribution in [0.5, 0.6) is 0 Å². The Bertz CT molecular complexity index is 559. The van der Waals surface area contributed by atoms with Gasteiger partial charge in [-0.2, -0.15) is 0 Å². The molecule has 1 unspecified atom stereocenters. The lowest BCUT2D eigenvalue weighted by atomic mass is 9.88. The number of aryl methyl sites for hydroxylation is 2. The van der Waals surface area contributed by atoms with Crippen LogP contribution in [0.2, 0.25) is 0 Å². The fourth-order valence-corrected chi connectivity index (χ4v) is 2.96. The molecular formula is C17H23N3. The smallest absolute Gasteiger partial charge is 0.202 e. The van der Waals surface area contributed by atoms with Crippen LogP contribution in [0.3, 0.4) is 0 Å². The Balaban J connectivity index is 1.66. The maximum absolute atomic E-state index is 4.47. The quantitative estimate of drug-likeness (QED) is 0.898. The van der Waals surface area contributed by atoms with Crippen molar-refractivity contribution in [1.29, 1.82) is 0 Å². The van der Waals surface area contributed by atoms with Crippen molar-refractivity contribution < 1.29 is 0 Å². The summed E-state index contributed by atoms with van der Waals surface area (Å²) in [4.78, 5) is 4.47. The Morgan fingerprint density at radius 1 is 1.30 bits per heavy atom. The largest absolute Gasteiger partial charge is 0.353 e. The molecule has 3 rings (SSSR count). The molecule has 1 N–H and O–H groups in total. The number of aromatic nitrogens is 2. The first kappa shape index (κ1) is 13.2. The van der Waals surface area contributed by atoms with Crippen LogP contribution in [-0.4, -0.2) is 15.6 Å². The minimum Gasteiger partial charge on any atom is -0.353 e. The predicted octanol–water partition coefficient (Wildman–Crippen LogP) is 3.65. The Morgan fingerprint density at radius 3 is 3.00 bits per heavy atom. The second-order valence-corrected chi connectivity index (χ2v) is 5.65. The molecule has 0 radical (unpaired) electrons. The van der Waals surface area contributed by atoms with E-state index in [2.05, 4.69) is 52.3 Å². The van der Waals surface area contributed by atoms with E-state index in [9.17, 15) is 0 Å². The van der Waals surface area contributed by atoms with Gasteiger partial charge in [0.1, 0.15) is 0 Å². The highest BCUT2D eigenvalue weighted by molar-refractivity contribution is 5.35. The molecule has 1 aliphatic rings. The highest BCUT2D eigenvalue weighted by Crippen LogP contribution is 2.23. The molecule has 0 saturated heterocycles. The molecule has 1 aliphatic carbocycles. The normalized spacial score (nSPS) is 17.8. The van der Waals surface area contributed by atoms with E-state index in [0.717, 1.165) is 18.9 Å². The van der Waals surface area contributed by atoms with E-state index in [0.29, 0.717) is 6.04 Å². The standard InChI is InChI=1S/C17H23N3/c1-2-3-11-20-12-10-18-17(20)19-16-9-8-14-6-4-5-7-15(14)13-16/h4-7,10,12,16H,2-3,8-9,11,13H2,1H3,(H,18,19). The second-order valence-electron chi connectivity index (χ2n) is 5.65. The number of anilines is 1. The van der Waals surface area contributed by atoms with Gasteiger partial charge in [-0.3, -0.25) is 0 Å². The van der Waals surface area contributed by atoms with Crippen molar-refractivity contribution in [2.75, 3.05) is 5.32 Å². The maximum atomic E-state index is 4.47. The van der Waals surface area contributed by atoms with Crippen LogP contribution in [0.25, 0.3) is 0 Å². The van der Waals surface area contributed by atoms with Gasteiger partial charge in [0.2, 0.25) is 5.95 Å². The van der Waals surface area contributed by atoms with Crippen LogP contribution in [0, 0.1) is 0 Å². The van der Waals surface area contributed by atoms with Crippen LogP contribution in [0.4, 0.5) is 5.95 Å². The molecule has 0 aliphatic heterocycles. The van der Waals surface area contributed by atoms with Crippen molar-refractivity contribution in [3.8, 4) is 0 Å². The summed E-state index contributed by atoms with van der Waals surface area (Å²) in [5, 5.41) is 3.63. The average molecular weight is 269 g/mol. The molecule has 1 heterocycles. The molecule has 20 heavy (non-hydrogen) atoms. The first-order valence-electron chi connectivity index (χ1n) is 7.71. The third-order valence-corrected chi connectivity index (χ3v) is 4.15. The van der Waals surface area contributed by atoms with Gasteiger partial charge in [-0.15, -0.1) is 0 Å². The monoisotopic (exact) mass is 269 g/mol. The molecule has 106 valence electrons. The first-order valence-corrected chi connectivity index (χ1v) is 7.71. The van der Waals surface area contributed by atoms with E-state index in [4.69, 9.17) is 0 Å². The highest BCUT2D eigenvalue weighted by atomic mass is 15.2. The number of fused-ring (bicyclic) bond motifs is 1. The minimum absolute atomic E-state index is 0.507. The number of hydrogen-bond acceptors (Lipinski definition) is 2. The number of unbranched alkanes of at least 4 members (excludes halogenated alkanes) is 1. The van der Waals surface area contributed by atoms with Crippen LogP contribution >= 0.6 is 0 Å². The summed E-state index contributed by atoms with van der Waals surface area (Å²) in [6.45, 7) is 3.28. The lowest BCUT2D eigenvalue weighted by Crippen LogP contribution is -2.28. The number of imidazole rings is 1. The molecule has 0 fully saturated rings. The van der Waals surface area contributed by atoms with E-state index in [1.54, 1.807) is 0 Å². The molecule has 0 bridgehead atoms. The molecule has 0 spiro atoms. The molecule has 0 amide bonds. The van der Waals surface area contributed by atoms with Crippen LogP contribution in [0.15, 0.2) is 36.7 Å². The van der Waals surface area contributed by atoms with E-state index in [1.165, 1.54) is 36.8 Å². The lowest BCUT2D eigenvalue weighted by molar-refractivity contribution is 0.586. The Kier molecular flexibility index (Phi) is 4.05. The summed E-state index contributed by atoms with van der Waals surface area (Å²) in [5.41, 5.74) is 3.00. The SMILES string of the molecule is CCCCn1ccnc1NC1CCc2ccccc2C1. The molecule has 1 aromatic heterocycles. The number of rotatable bonds is 5. The molecular weight excluding hydrogens is 246 g/mol. The van der Waals surface area contributed by atoms with Crippen LogP contribution in [0.1, 0.15) is 37.3 Å². The fraction of sp³-hybridized carbons (Fsp3) is 0.471. The summed E-state index contributed by atoms with van der Waals surface area (Å²) < 4.78 is 2.24. The average Bonchev–Trinajstić information content (AvgIpc) is 2.92. The predicted molar refractivity (Wildman–Crippen MR) is 83.0 cm³/mol. The van der Waals surface area contributed by atoms with E-state index < -0.39 is 0 Å². The van der Waals surface area contributed by atoms with Gasteiger partial charge in [-0.05, 0) is 36.8 Å². The molecule has 2 aromatic rings. The number of nitrogens with zero attached hydrogens (tertiary/aromatic N) is 2. The van der Waals surface area contributed by atoms with Crippen LogP contribution in [-0.2, 0) is 19.4 Å². The Morgan fingerprint density at radius 2 is 2.15 bits per heavy atom. The molecule has 0 saturated carbocycles. The van der Waals surface area contributed by atoms with Crippen molar-refractivity contribution in [3.63, 3.8) is 0 Å². The molecule has 1 aromatic carbocycles.